The van der Waals surface area contributed by atoms with E-state index < -0.39 is 0 Å². The van der Waals surface area contributed by atoms with Gasteiger partial charge in [-0.1, -0.05) is 0 Å². The van der Waals surface area contributed by atoms with E-state index in [0.717, 1.165) is 78.4 Å². The highest BCUT2D eigenvalue weighted by Crippen LogP contribution is 2.42. The summed E-state index contributed by atoms with van der Waals surface area (Å²) in [7, 11) is 1.68. The number of piperidine rings is 1. The van der Waals surface area contributed by atoms with Gasteiger partial charge in [0.05, 0.1) is 24.4 Å². The van der Waals surface area contributed by atoms with Crippen molar-refractivity contribution in [1.29, 1.82) is 0 Å². The van der Waals surface area contributed by atoms with Gasteiger partial charge in [0.25, 0.3) is 5.91 Å². The van der Waals surface area contributed by atoms with Gasteiger partial charge in [0, 0.05) is 61.6 Å². The number of aromatic nitrogens is 6. The van der Waals surface area contributed by atoms with Gasteiger partial charge >= 0.3 is 0 Å². The fourth-order valence-electron chi connectivity index (χ4n) is 7.75. The molecule has 0 spiro atoms. The maximum absolute atomic E-state index is 13.9. The number of rotatable bonds is 7. The first-order valence-electron chi connectivity index (χ1n) is 15.7. The maximum Gasteiger partial charge on any atom is 0.254 e. The number of fused-ring (bicyclic) bond motifs is 4. The van der Waals surface area contributed by atoms with Gasteiger partial charge < -0.3 is 29.4 Å². The van der Waals surface area contributed by atoms with Crippen LogP contribution in [0.1, 0.15) is 42.1 Å². The highest BCUT2D eigenvalue weighted by molar-refractivity contribution is 6.00. The van der Waals surface area contributed by atoms with Gasteiger partial charge in [-0.15, -0.1) is 0 Å². The van der Waals surface area contributed by atoms with Crippen LogP contribution in [-0.2, 0) is 6.54 Å². The molecule has 11 heteroatoms. The zero-order valence-electron chi connectivity index (χ0n) is 24.7. The number of benzene rings is 1. The van der Waals surface area contributed by atoms with Gasteiger partial charge in [0.1, 0.15) is 29.1 Å². The van der Waals surface area contributed by atoms with E-state index in [1.807, 2.05) is 35.4 Å². The second-order valence-corrected chi connectivity index (χ2v) is 12.9. The quantitative estimate of drug-likeness (QED) is 0.304. The Hall–Kier alpha value is -4.51. The minimum Gasteiger partial charge on any atom is -0.494 e. The molecular formula is C33H35N9O2. The molecule has 9 rings (SSSR count). The average molecular weight is 590 g/mol. The van der Waals surface area contributed by atoms with Gasteiger partial charge in [-0.2, -0.15) is 0 Å². The van der Waals surface area contributed by atoms with E-state index >= 15 is 0 Å². The van der Waals surface area contributed by atoms with Crippen LogP contribution in [0, 0.1) is 11.8 Å². The minimum absolute atomic E-state index is 0.00887. The van der Waals surface area contributed by atoms with Gasteiger partial charge in [-0.05, 0) is 73.9 Å². The molecule has 2 aliphatic carbocycles. The minimum atomic E-state index is 0.00887. The fraction of sp³-hybridized carbons (Fsp3) is 0.424. The normalized spacial score (nSPS) is 23.2. The summed E-state index contributed by atoms with van der Waals surface area (Å²) in [5, 5.41) is 1.10. The monoisotopic (exact) mass is 589 g/mol. The van der Waals surface area contributed by atoms with Crippen LogP contribution in [0.15, 0.2) is 55.1 Å². The highest BCUT2D eigenvalue weighted by Gasteiger charge is 2.47. The van der Waals surface area contributed by atoms with E-state index in [4.69, 9.17) is 20.4 Å². The SMILES string of the molecule is COc1cc(C(=O)N2C[C@H]3CC[C@@H]2[C@@H]3N)cc2nc(-c3cc4cccnc4n3CC3CC3)n(C3CN(c4ccncn4)C3)c12. The van der Waals surface area contributed by atoms with E-state index in [9.17, 15) is 4.79 Å². The Bertz CT molecular complexity index is 1910. The second kappa shape index (κ2) is 9.75. The van der Waals surface area contributed by atoms with Crippen molar-refractivity contribution in [2.24, 2.45) is 17.6 Å². The van der Waals surface area contributed by atoms with E-state index in [1.54, 1.807) is 19.6 Å². The molecule has 1 amide bonds. The first-order chi connectivity index (χ1) is 21.6. The third-order valence-corrected chi connectivity index (χ3v) is 10.3. The van der Waals surface area contributed by atoms with Crippen molar-refractivity contribution >= 4 is 33.8 Å². The number of hydrogen-bond donors (Lipinski definition) is 1. The number of pyridine rings is 1. The summed E-state index contributed by atoms with van der Waals surface area (Å²) < 4.78 is 10.7. The number of amides is 1. The molecule has 0 radical (unpaired) electrons. The summed E-state index contributed by atoms with van der Waals surface area (Å²) in [6.07, 6.45) is 9.77. The predicted octanol–water partition coefficient (Wildman–Crippen LogP) is 3.88. The van der Waals surface area contributed by atoms with E-state index in [2.05, 4.69) is 36.1 Å². The Morgan fingerprint density at radius 3 is 2.66 bits per heavy atom. The lowest BCUT2D eigenvalue weighted by Crippen LogP contribution is -2.48. The number of carbonyl (C=O) groups is 1. The molecule has 1 aromatic carbocycles. The third kappa shape index (κ3) is 3.94. The van der Waals surface area contributed by atoms with Crippen molar-refractivity contribution in [1.82, 2.24) is 34.0 Å². The topological polar surface area (TPSA) is 120 Å². The third-order valence-electron chi connectivity index (χ3n) is 10.3. The Morgan fingerprint density at radius 2 is 1.93 bits per heavy atom. The molecule has 224 valence electrons. The number of methoxy groups -OCH3 is 1. The molecular weight excluding hydrogens is 554 g/mol. The van der Waals surface area contributed by atoms with Crippen molar-refractivity contribution in [3.63, 3.8) is 0 Å². The molecule has 2 saturated carbocycles. The number of nitrogens with two attached hydrogens (primary N) is 1. The molecule has 2 saturated heterocycles. The van der Waals surface area contributed by atoms with Gasteiger partial charge in [-0.25, -0.2) is 19.9 Å². The molecule has 0 unspecified atom stereocenters. The molecule has 4 aliphatic rings. The van der Waals surface area contributed by atoms with Gasteiger partial charge in [-0.3, -0.25) is 4.79 Å². The van der Waals surface area contributed by atoms with Crippen LogP contribution >= 0.6 is 0 Å². The van der Waals surface area contributed by atoms with Gasteiger partial charge in [0.2, 0.25) is 0 Å². The lowest BCUT2D eigenvalue weighted by Gasteiger charge is -2.41. The standard InChI is InChI=1S/C33H35N9O2/c1-44-27-13-22(33(43)41-15-21-6-7-25(41)29(21)34)11-24-30(27)42(23-16-39(17-23)28-8-10-35-18-37-28)32(38-24)26-12-20-3-2-9-36-31(20)40(26)14-19-4-5-19/h2-3,8-13,18-19,21,23,25,29H,4-7,14-17,34H2,1H3/t21-,25-,29-/m1/s1. The van der Waals surface area contributed by atoms with Crippen LogP contribution < -0.4 is 15.4 Å². The predicted molar refractivity (Wildman–Crippen MR) is 167 cm³/mol. The van der Waals surface area contributed by atoms with Crippen molar-refractivity contribution in [3.05, 3.63) is 60.7 Å². The summed E-state index contributed by atoms with van der Waals surface area (Å²) in [6.45, 7) is 3.18. The first-order valence-corrected chi connectivity index (χ1v) is 15.7. The molecule has 2 aliphatic heterocycles. The van der Waals surface area contributed by atoms with E-state index in [-0.39, 0.29) is 24.0 Å². The molecule has 3 atom stereocenters. The summed E-state index contributed by atoms with van der Waals surface area (Å²) in [5.74, 6) is 3.49. The van der Waals surface area contributed by atoms with Crippen molar-refractivity contribution in [2.75, 3.05) is 31.6 Å². The Morgan fingerprint density at radius 1 is 1.05 bits per heavy atom. The highest BCUT2D eigenvalue weighted by atomic mass is 16.5. The largest absolute Gasteiger partial charge is 0.494 e. The summed E-state index contributed by atoms with van der Waals surface area (Å²) >= 11 is 0. The lowest BCUT2D eigenvalue weighted by molar-refractivity contribution is 0.0700. The number of nitrogens with zero attached hydrogens (tertiary/aromatic N) is 8. The Labute approximate surface area is 254 Å². The summed E-state index contributed by atoms with van der Waals surface area (Å²) in [4.78, 5) is 36.8. The number of anilines is 1. The van der Waals surface area contributed by atoms with Crippen molar-refractivity contribution in [2.45, 2.75) is 50.4 Å². The van der Waals surface area contributed by atoms with Crippen molar-refractivity contribution in [3.8, 4) is 17.3 Å². The zero-order valence-corrected chi connectivity index (χ0v) is 24.7. The van der Waals surface area contributed by atoms with Crippen LogP contribution in [0.25, 0.3) is 33.6 Å². The molecule has 44 heavy (non-hydrogen) atoms. The van der Waals surface area contributed by atoms with Gasteiger partial charge in [0.15, 0.2) is 5.82 Å². The van der Waals surface area contributed by atoms with E-state index in [1.165, 1.54) is 12.8 Å². The summed E-state index contributed by atoms with van der Waals surface area (Å²) in [5.41, 5.74) is 10.7. The molecule has 2 bridgehead atoms. The molecule has 5 aromatic rings. The molecule has 2 N–H and O–H groups in total. The molecule has 4 fully saturated rings. The number of likely N-dealkylation sites (tertiary alicyclic amines) is 1. The number of carbonyl (C=O) groups excluding carboxylic acids is 1. The van der Waals surface area contributed by atoms with Crippen LogP contribution in [0.2, 0.25) is 0 Å². The van der Waals surface area contributed by atoms with E-state index in [0.29, 0.717) is 23.1 Å². The van der Waals surface area contributed by atoms with Crippen LogP contribution in [0.5, 0.6) is 5.75 Å². The van der Waals surface area contributed by atoms with Crippen LogP contribution in [0.4, 0.5) is 5.82 Å². The summed E-state index contributed by atoms with van der Waals surface area (Å²) in [6, 6.07) is 12.4. The fourth-order valence-corrected chi connectivity index (χ4v) is 7.75. The van der Waals surface area contributed by atoms with Crippen molar-refractivity contribution < 1.29 is 9.53 Å². The first kappa shape index (κ1) is 25.9. The molecule has 6 heterocycles. The van der Waals surface area contributed by atoms with Crippen LogP contribution in [0.3, 0.4) is 0 Å². The maximum atomic E-state index is 13.9. The number of hydrogen-bond acceptors (Lipinski definition) is 8. The number of ether oxygens (including phenoxy) is 1. The van der Waals surface area contributed by atoms with Crippen LogP contribution in [-0.4, -0.2) is 78.7 Å². The number of imidazole rings is 1. The second-order valence-electron chi connectivity index (χ2n) is 12.9. The molecule has 4 aromatic heterocycles. The zero-order chi connectivity index (χ0) is 29.5. The Kier molecular flexibility index (Phi) is 5.75. The average Bonchev–Trinajstić information content (AvgIpc) is 3.38. The molecule has 11 nitrogen and oxygen atoms in total. The Balaban J connectivity index is 1.19. The smallest absolute Gasteiger partial charge is 0.254 e. The lowest BCUT2D eigenvalue weighted by atomic mass is 10.1.